The fourth-order valence-electron chi connectivity index (χ4n) is 2.28. The Labute approximate surface area is 131 Å². The van der Waals surface area contributed by atoms with Gasteiger partial charge in [-0.3, -0.25) is 4.79 Å². The Morgan fingerprint density at radius 2 is 1.43 bits per heavy atom. The van der Waals surface area contributed by atoms with Crippen molar-refractivity contribution in [2.75, 3.05) is 27.2 Å². The molecule has 4 heteroatoms. The summed E-state index contributed by atoms with van der Waals surface area (Å²) in [5.74, 6) is -0.117. The molecule has 0 rings (SSSR count). The first-order valence-electron chi connectivity index (χ1n) is 8.65. The highest BCUT2D eigenvalue weighted by atomic mass is 16.5. The average molecular weight is 301 g/mol. The Kier molecular flexibility index (Phi) is 12.7. The highest BCUT2D eigenvalue weighted by Gasteiger charge is 2.05. The van der Waals surface area contributed by atoms with Gasteiger partial charge in [0, 0.05) is 12.8 Å². The van der Waals surface area contributed by atoms with E-state index in [2.05, 4.69) is 6.92 Å². The van der Waals surface area contributed by atoms with Gasteiger partial charge >= 0.3 is 5.97 Å². The Hall–Kier alpha value is -0.610. The fourth-order valence-corrected chi connectivity index (χ4v) is 2.28. The van der Waals surface area contributed by atoms with Gasteiger partial charge in [0.15, 0.2) is 0 Å². The van der Waals surface area contributed by atoms with Gasteiger partial charge in [-0.15, -0.1) is 0 Å². The van der Waals surface area contributed by atoms with Crippen LogP contribution in [0, 0.1) is 5.21 Å². The molecule has 0 aromatic heterocycles. The van der Waals surface area contributed by atoms with Crippen molar-refractivity contribution in [3.63, 3.8) is 0 Å². The van der Waals surface area contributed by atoms with Crippen LogP contribution in [0.4, 0.5) is 0 Å². The average Bonchev–Trinajstić information content (AvgIpc) is 2.41. The van der Waals surface area contributed by atoms with E-state index in [-0.39, 0.29) is 10.6 Å². The van der Waals surface area contributed by atoms with Crippen molar-refractivity contribution < 1.29 is 14.2 Å². The molecule has 0 aromatic rings. The van der Waals surface area contributed by atoms with Crippen molar-refractivity contribution in [2.24, 2.45) is 0 Å². The minimum absolute atomic E-state index is 0.117. The minimum atomic E-state index is -0.324. The molecule has 126 valence electrons. The second-order valence-corrected chi connectivity index (χ2v) is 6.45. The SMILES string of the molecule is CCCCCCCCCCCC(=O)OCCC[N+](C)(C)[O-]. The molecule has 0 spiro atoms. The quantitative estimate of drug-likeness (QED) is 0.207. The Balaban J connectivity index is 3.23. The maximum Gasteiger partial charge on any atom is 0.305 e. The van der Waals surface area contributed by atoms with E-state index in [0.29, 0.717) is 26.0 Å². The molecule has 0 aliphatic heterocycles. The van der Waals surface area contributed by atoms with E-state index in [1.165, 1.54) is 44.9 Å². The maximum atomic E-state index is 11.5. The summed E-state index contributed by atoms with van der Waals surface area (Å²) in [5, 5.41) is 11.3. The van der Waals surface area contributed by atoms with Crippen molar-refractivity contribution in [1.82, 2.24) is 0 Å². The van der Waals surface area contributed by atoms with Crippen LogP contribution in [0.3, 0.4) is 0 Å². The van der Waals surface area contributed by atoms with Crippen molar-refractivity contribution in [3.8, 4) is 0 Å². The van der Waals surface area contributed by atoms with E-state index in [4.69, 9.17) is 4.74 Å². The lowest BCUT2D eigenvalue weighted by Gasteiger charge is -2.33. The normalized spacial score (nSPS) is 11.6. The zero-order valence-electron chi connectivity index (χ0n) is 14.4. The number of ether oxygens (including phenoxy) is 1. The molecule has 0 unspecified atom stereocenters. The second-order valence-electron chi connectivity index (χ2n) is 6.45. The number of nitrogens with zero attached hydrogens (tertiary/aromatic N) is 1. The summed E-state index contributed by atoms with van der Waals surface area (Å²) < 4.78 is 4.80. The van der Waals surface area contributed by atoms with E-state index in [1.54, 1.807) is 14.1 Å². The van der Waals surface area contributed by atoms with Gasteiger partial charge in [0.1, 0.15) is 0 Å². The van der Waals surface area contributed by atoms with Crippen molar-refractivity contribution in [1.29, 1.82) is 0 Å². The van der Waals surface area contributed by atoms with Crippen LogP contribution in [-0.4, -0.2) is 37.9 Å². The highest BCUT2D eigenvalue weighted by Crippen LogP contribution is 2.10. The van der Waals surface area contributed by atoms with Crippen LogP contribution in [0.25, 0.3) is 0 Å². The van der Waals surface area contributed by atoms with Gasteiger partial charge in [-0.05, 0) is 6.42 Å². The van der Waals surface area contributed by atoms with Crippen LogP contribution in [0.2, 0.25) is 0 Å². The standard InChI is InChI=1S/C17H35NO3/c1-4-5-6-7-8-9-10-11-12-14-17(19)21-16-13-15-18(2,3)20/h4-16H2,1-3H3. The number of unbranched alkanes of at least 4 members (excludes halogenated alkanes) is 8. The molecule has 0 atom stereocenters. The molecule has 4 nitrogen and oxygen atoms in total. The number of esters is 1. The molecule has 0 amide bonds. The van der Waals surface area contributed by atoms with Gasteiger partial charge in [0.25, 0.3) is 0 Å². The van der Waals surface area contributed by atoms with E-state index < -0.39 is 0 Å². The molecule has 0 saturated carbocycles. The van der Waals surface area contributed by atoms with Crippen LogP contribution >= 0.6 is 0 Å². The highest BCUT2D eigenvalue weighted by molar-refractivity contribution is 5.69. The van der Waals surface area contributed by atoms with E-state index in [0.717, 1.165) is 12.8 Å². The van der Waals surface area contributed by atoms with Gasteiger partial charge in [-0.1, -0.05) is 58.3 Å². The number of hydrogen-bond donors (Lipinski definition) is 0. The Morgan fingerprint density at radius 3 is 1.95 bits per heavy atom. The number of carbonyl (C=O) groups excluding carboxylic acids is 1. The molecular formula is C17H35NO3. The van der Waals surface area contributed by atoms with Gasteiger partial charge in [0.2, 0.25) is 0 Å². The molecule has 21 heavy (non-hydrogen) atoms. The largest absolute Gasteiger partial charge is 0.633 e. The minimum Gasteiger partial charge on any atom is -0.633 e. The summed E-state index contributed by atoms with van der Waals surface area (Å²) in [4.78, 5) is 11.5. The number of hydroxylamine groups is 3. The molecule has 0 saturated heterocycles. The summed E-state index contributed by atoms with van der Waals surface area (Å²) in [6, 6.07) is 0. The summed E-state index contributed by atoms with van der Waals surface area (Å²) in [6.07, 6.45) is 12.4. The summed E-state index contributed by atoms with van der Waals surface area (Å²) in [5.41, 5.74) is 0. The van der Waals surface area contributed by atoms with Crippen molar-refractivity contribution in [2.45, 2.75) is 77.6 Å². The lowest BCUT2D eigenvalue weighted by atomic mass is 10.1. The zero-order valence-corrected chi connectivity index (χ0v) is 14.4. The lowest BCUT2D eigenvalue weighted by molar-refractivity contribution is -0.840. The second kappa shape index (κ2) is 13.1. The van der Waals surface area contributed by atoms with Gasteiger partial charge in [-0.2, -0.15) is 0 Å². The third-order valence-corrected chi connectivity index (χ3v) is 3.59. The van der Waals surface area contributed by atoms with E-state index >= 15 is 0 Å². The van der Waals surface area contributed by atoms with Crippen molar-refractivity contribution >= 4 is 5.97 Å². The van der Waals surface area contributed by atoms with Crippen LogP contribution in [0.15, 0.2) is 0 Å². The first-order valence-corrected chi connectivity index (χ1v) is 8.65. The van der Waals surface area contributed by atoms with Crippen molar-refractivity contribution in [3.05, 3.63) is 5.21 Å². The smallest absolute Gasteiger partial charge is 0.305 e. The number of quaternary nitrogens is 1. The Bertz CT molecular complexity index is 249. The molecular weight excluding hydrogens is 266 g/mol. The van der Waals surface area contributed by atoms with E-state index in [9.17, 15) is 10.0 Å². The predicted octanol–water partition coefficient (Wildman–Crippen LogP) is 4.41. The number of carbonyl (C=O) groups is 1. The lowest BCUT2D eigenvalue weighted by Crippen LogP contribution is -2.33. The summed E-state index contributed by atoms with van der Waals surface area (Å²) in [7, 11) is 3.20. The molecule has 0 heterocycles. The molecule has 0 aliphatic carbocycles. The molecule has 0 radical (unpaired) electrons. The number of hydrogen-bond acceptors (Lipinski definition) is 3. The first kappa shape index (κ1) is 20.4. The molecule has 0 fully saturated rings. The van der Waals surface area contributed by atoms with Gasteiger partial charge in [0.05, 0.1) is 27.2 Å². The van der Waals surface area contributed by atoms with Crippen LogP contribution in [0.5, 0.6) is 0 Å². The Morgan fingerprint density at radius 1 is 0.905 bits per heavy atom. The van der Waals surface area contributed by atoms with Gasteiger partial charge in [-0.25, -0.2) is 0 Å². The third-order valence-electron chi connectivity index (χ3n) is 3.59. The van der Waals surface area contributed by atoms with Crippen LogP contribution < -0.4 is 0 Å². The number of rotatable bonds is 14. The van der Waals surface area contributed by atoms with Gasteiger partial charge < -0.3 is 14.6 Å². The van der Waals surface area contributed by atoms with Crippen LogP contribution in [-0.2, 0) is 9.53 Å². The summed E-state index contributed by atoms with van der Waals surface area (Å²) >= 11 is 0. The molecule has 0 bridgehead atoms. The molecule has 0 N–H and O–H groups in total. The van der Waals surface area contributed by atoms with E-state index in [1.807, 2.05) is 0 Å². The maximum absolute atomic E-state index is 11.5. The topological polar surface area (TPSA) is 49.4 Å². The third kappa shape index (κ3) is 17.3. The summed E-state index contributed by atoms with van der Waals surface area (Å²) in [6.45, 7) is 3.10. The predicted molar refractivity (Wildman–Crippen MR) is 87.8 cm³/mol. The van der Waals surface area contributed by atoms with Crippen LogP contribution in [0.1, 0.15) is 77.6 Å². The molecule has 0 aliphatic rings. The fraction of sp³-hybridized carbons (Fsp3) is 0.941. The molecule has 0 aromatic carbocycles. The zero-order chi connectivity index (χ0) is 16.0. The first-order chi connectivity index (χ1) is 9.95. The monoisotopic (exact) mass is 301 g/mol.